The number of anilines is 1. The molecule has 18 heavy (non-hydrogen) atoms. The van der Waals surface area contributed by atoms with Gasteiger partial charge in [0.25, 0.3) is 0 Å². The number of methoxy groups -OCH3 is 1. The van der Waals surface area contributed by atoms with Gasteiger partial charge in [-0.05, 0) is 42.8 Å². The molecule has 2 aromatic rings. The summed E-state index contributed by atoms with van der Waals surface area (Å²) >= 11 is 0. The zero-order chi connectivity index (χ0) is 13.1. The first-order valence-electron chi connectivity index (χ1n) is 5.52. The van der Waals surface area contributed by atoms with Crippen LogP contribution in [0.1, 0.15) is 21.6 Å². The Morgan fingerprint density at radius 3 is 2.61 bits per heavy atom. The van der Waals surface area contributed by atoms with Gasteiger partial charge in [-0.25, -0.2) is 0 Å². The molecule has 2 N–H and O–H groups in total. The number of carbonyl (C=O) groups is 1. The molecule has 0 saturated heterocycles. The summed E-state index contributed by atoms with van der Waals surface area (Å²) in [5.41, 5.74) is 7.95. The van der Waals surface area contributed by atoms with Crippen LogP contribution in [0, 0.1) is 6.92 Å². The van der Waals surface area contributed by atoms with Crippen molar-refractivity contribution >= 4 is 11.5 Å². The molecule has 92 valence electrons. The highest BCUT2D eigenvalue weighted by Crippen LogP contribution is 2.19. The van der Waals surface area contributed by atoms with Crippen LogP contribution in [0.3, 0.4) is 0 Å². The van der Waals surface area contributed by atoms with E-state index in [2.05, 4.69) is 4.98 Å². The molecule has 0 fully saturated rings. The van der Waals surface area contributed by atoms with Crippen molar-refractivity contribution in [2.24, 2.45) is 0 Å². The predicted molar refractivity (Wildman–Crippen MR) is 69.8 cm³/mol. The van der Waals surface area contributed by atoms with Gasteiger partial charge in [0.1, 0.15) is 11.4 Å². The number of nitrogens with two attached hydrogens (primary N) is 1. The van der Waals surface area contributed by atoms with Gasteiger partial charge in [0.15, 0.2) is 0 Å². The molecule has 0 aliphatic carbocycles. The lowest BCUT2D eigenvalue weighted by atomic mass is 10.0. The number of hydrogen-bond donors (Lipinski definition) is 1. The second-order valence-corrected chi connectivity index (χ2v) is 3.99. The van der Waals surface area contributed by atoms with Crippen LogP contribution >= 0.6 is 0 Å². The number of aromatic nitrogens is 1. The normalized spacial score (nSPS) is 10.1. The molecule has 0 spiro atoms. The molecule has 4 nitrogen and oxygen atoms in total. The van der Waals surface area contributed by atoms with Crippen molar-refractivity contribution in [3.63, 3.8) is 0 Å². The topological polar surface area (TPSA) is 65.2 Å². The molecule has 1 aromatic heterocycles. The van der Waals surface area contributed by atoms with Gasteiger partial charge in [-0.3, -0.25) is 9.78 Å². The zero-order valence-electron chi connectivity index (χ0n) is 10.3. The maximum atomic E-state index is 12.2. The average molecular weight is 242 g/mol. The lowest BCUT2D eigenvalue weighted by molar-refractivity contribution is 0.103. The first kappa shape index (κ1) is 12.1. The number of ketones is 1. The Labute approximate surface area is 105 Å². The third kappa shape index (κ3) is 2.32. The van der Waals surface area contributed by atoms with E-state index < -0.39 is 0 Å². The highest BCUT2D eigenvalue weighted by molar-refractivity contribution is 6.08. The standard InChI is InChI=1S/C14H14N2O2/c1-9-7-11(18-2)4-5-12(9)14(17)13-6-3-10(15)8-16-13/h3-8H,15H2,1-2H3. The van der Waals surface area contributed by atoms with E-state index in [0.29, 0.717) is 16.9 Å². The molecule has 1 aromatic carbocycles. The molecule has 0 bridgehead atoms. The van der Waals surface area contributed by atoms with E-state index in [1.54, 1.807) is 31.4 Å². The number of nitrogen functional groups attached to an aromatic ring is 1. The monoisotopic (exact) mass is 242 g/mol. The van der Waals surface area contributed by atoms with Gasteiger partial charge in [0.05, 0.1) is 19.0 Å². The second-order valence-electron chi connectivity index (χ2n) is 3.99. The fourth-order valence-corrected chi connectivity index (χ4v) is 1.70. The Bertz CT molecular complexity index is 577. The molecule has 0 radical (unpaired) electrons. The quantitative estimate of drug-likeness (QED) is 0.838. The van der Waals surface area contributed by atoms with Crippen molar-refractivity contribution in [2.45, 2.75) is 6.92 Å². The Morgan fingerprint density at radius 1 is 1.28 bits per heavy atom. The van der Waals surface area contributed by atoms with Gasteiger partial charge in [-0.15, -0.1) is 0 Å². The summed E-state index contributed by atoms with van der Waals surface area (Å²) in [5, 5.41) is 0. The minimum absolute atomic E-state index is 0.116. The van der Waals surface area contributed by atoms with Crippen molar-refractivity contribution in [2.75, 3.05) is 12.8 Å². The molecule has 0 saturated carbocycles. The maximum absolute atomic E-state index is 12.2. The van der Waals surface area contributed by atoms with Crippen LogP contribution in [0.15, 0.2) is 36.5 Å². The molecule has 4 heteroatoms. The largest absolute Gasteiger partial charge is 0.497 e. The van der Waals surface area contributed by atoms with Gasteiger partial charge in [-0.1, -0.05) is 0 Å². The molecule has 2 rings (SSSR count). The SMILES string of the molecule is COc1ccc(C(=O)c2ccc(N)cn2)c(C)c1. The van der Waals surface area contributed by atoms with Crippen LogP contribution in [0.2, 0.25) is 0 Å². The van der Waals surface area contributed by atoms with Gasteiger partial charge >= 0.3 is 0 Å². The van der Waals surface area contributed by atoms with Crippen molar-refractivity contribution in [3.05, 3.63) is 53.3 Å². The lowest BCUT2D eigenvalue weighted by Crippen LogP contribution is -2.06. The molecule has 0 aliphatic heterocycles. The number of hydrogen-bond acceptors (Lipinski definition) is 4. The van der Waals surface area contributed by atoms with E-state index in [1.165, 1.54) is 6.20 Å². The highest BCUT2D eigenvalue weighted by Gasteiger charge is 2.13. The minimum atomic E-state index is -0.116. The Morgan fingerprint density at radius 2 is 2.06 bits per heavy atom. The van der Waals surface area contributed by atoms with E-state index in [9.17, 15) is 4.79 Å². The van der Waals surface area contributed by atoms with E-state index in [-0.39, 0.29) is 5.78 Å². The second kappa shape index (κ2) is 4.87. The van der Waals surface area contributed by atoms with Gasteiger partial charge in [0.2, 0.25) is 5.78 Å². The number of benzene rings is 1. The van der Waals surface area contributed by atoms with Crippen LogP contribution < -0.4 is 10.5 Å². The van der Waals surface area contributed by atoms with E-state index in [0.717, 1.165) is 11.3 Å². The summed E-state index contributed by atoms with van der Waals surface area (Å²) in [6, 6.07) is 8.62. The van der Waals surface area contributed by atoms with Crippen LogP contribution in [0.5, 0.6) is 5.75 Å². The average Bonchev–Trinajstić information content (AvgIpc) is 2.38. The van der Waals surface area contributed by atoms with Crippen LogP contribution in [0.25, 0.3) is 0 Å². The van der Waals surface area contributed by atoms with Crippen LogP contribution in [0.4, 0.5) is 5.69 Å². The van der Waals surface area contributed by atoms with Gasteiger partial charge in [-0.2, -0.15) is 0 Å². The summed E-state index contributed by atoms with van der Waals surface area (Å²) in [6.07, 6.45) is 1.48. The fourth-order valence-electron chi connectivity index (χ4n) is 1.70. The third-order valence-corrected chi connectivity index (χ3v) is 2.70. The Balaban J connectivity index is 2.37. The predicted octanol–water partition coefficient (Wildman–Crippen LogP) is 2.21. The van der Waals surface area contributed by atoms with Gasteiger partial charge < -0.3 is 10.5 Å². The van der Waals surface area contributed by atoms with Gasteiger partial charge in [0, 0.05) is 5.56 Å². The molecule has 1 heterocycles. The number of aryl methyl sites for hydroxylation is 1. The van der Waals surface area contributed by atoms with Crippen molar-refractivity contribution in [1.82, 2.24) is 4.98 Å². The number of rotatable bonds is 3. The van der Waals surface area contributed by atoms with Crippen molar-refractivity contribution in [1.29, 1.82) is 0 Å². The minimum Gasteiger partial charge on any atom is -0.497 e. The lowest BCUT2D eigenvalue weighted by Gasteiger charge is -2.07. The van der Waals surface area contributed by atoms with Crippen molar-refractivity contribution in [3.8, 4) is 5.75 Å². The fraction of sp³-hybridized carbons (Fsp3) is 0.143. The number of nitrogens with zero attached hydrogens (tertiary/aromatic N) is 1. The smallest absolute Gasteiger partial charge is 0.211 e. The van der Waals surface area contributed by atoms with E-state index in [4.69, 9.17) is 10.5 Å². The number of ether oxygens (including phenoxy) is 1. The first-order valence-corrected chi connectivity index (χ1v) is 5.52. The molecule has 0 unspecified atom stereocenters. The summed E-state index contributed by atoms with van der Waals surface area (Å²) < 4.78 is 5.11. The Hall–Kier alpha value is -2.36. The summed E-state index contributed by atoms with van der Waals surface area (Å²) in [4.78, 5) is 16.3. The Kier molecular flexibility index (Phi) is 3.28. The summed E-state index contributed by atoms with van der Waals surface area (Å²) in [6.45, 7) is 1.87. The van der Waals surface area contributed by atoms with Crippen molar-refractivity contribution < 1.29 is 9.53 Å². The van der Waals surface area contributed by atoms with E-state index in [1.807, 2.05) is 13.0 Å². The number of pyridine rings is 1. The first-order chi connectivity index (χ1) is 8.61. The van der Waals surface area contributed by atoms with Crippen LogP contribution in [-0.4, -0.2) is 17.9 Å². The molecular weight excluding hydrogens is 228 g/mol. The number of carbonyl (C=O) groups excluding carboxylic acids is 1. The highest BCUT2D eigenvalue weighted by atomic mass is 16.5. The molecule has 0 amide bonds. The molecular formula is C14H14N2O2. The zero-order valence-corrected chi connectivity index (χ0v) is 10.3. The maximum Gasteiger partial charge on any atom is 0.211 e. The molecule has 0 aliphatic rings. The summed E-state index contributed by atoms with van der Waals surface area (Å²) in [7, 11) is 1.60. The third-order valence-electron chi connectivity index (χ3n) is 2.70. The van der Waals surface area contributed by atoms with Crippen LogP contribution in [-0.2, 0) is 0 Å². The summed E-state index contributed by atoms with van der Waals surface area (Å²) in [5.74, 6) is 0.615. The van der Waals surface area contributed by atoms with E-state index >= 15 is 0 Å². The molecule has 0 atom stereocenters.